The van der Waals surface area contributed by atoms with Gasteiger partial charge in [0.15, 0.2) is 0 Å². The maximum absolute atomic E-state index is 2.84. The predicted octanol–water partition coefficient (Wildman–Crippen LogP) is 4.18. The normalized spacial score (nSPS) is 23.3. The Bertz CT molecular complexity index is 854. The van der Waals surface area contributed by atoms with E-state index in [1.165, 1.54) is 0 Å². The number of benzene rings is 1. The summed E-state index contributed by atoms with van der Waals surface area (Å²) in [4.78, 5) is 0. The summed E-state index contributed by atoms with van der Waals surface area (Å²) in [6, 6.07) is 11.4. The second kappa shape index (κ2) is 7.72. The van der Waals surface area contributed by atoms with E-state index in [2.05, 4.69) is 111 Å². The van der Waals surface area contributed by atoms with E-state index in [0.717, 1.165) is 6.42 Å². The molecule has 1 heterocycles. The molecule has 1 aliphatic carbocycles. The van der Waals surface area contributed by atoms with Gasteiger partial charge in [0.25, 0.3) is 0 Å². The van der Waals surface area contributed by atoms with Gasteiger partial charge in [0.1, 0.15) is 0 Å². The summed E-state index contributed by atoms with van der Waals surface area (Å²) >= 11 is -4.61. The zero-order chi connectivity index (χ0) is 20.0. The number of rotatable bonds is 5. The van der Waals surface area contributed by atoms with Crippen LogP contribution in [0.15, 0.2) is 63.6 Å². The molecule has 1 aromatic rings. The summed E-state index contributed by atoms with van der Waals surface area (Å²) in [5.41, 5.74) is 3.25. The van der Waals surface area contributed by atoms with Crippen molar-refractivity contribution >= 4 is 22.7 Å². The van der Waals surface area contributed by atoms with E-state index in [1.54, 1.807) is 23.8 Å². The average Bonchev–Trinajstić information content (AvgIpc) is 3.20. The molecule has 0 amide bonds. The fourth-order valence-electron chi connectivity index (χ4n) is 5.85. The van der Waals surface area contributed by atoms with Gasteiger partial charge in [-0.1, -0.05) is 0 Å². The quantitative estimate of drug-likeness (QED) is 0.611. The molecule has 144 valence electrons. The maximum atomic E-state index is 2.67. The summed E-state index contributed by atoms with van der Waals surface area (Å²) < 4.78 is 10.7. The molecule has 27 heavy (non-hydrogen) atoms. The molecule has 4 heteroatoms. The van der Waals surface area contributed by atoms with Crippen LogP contribution in [0.5, 0.6) is 0 Å². The standard InChI is InChI=1S/C14H17Ge.C5H5.2C2H6N.Ti/c1-10-11(2)13(4)15(12(10)3)14-8-6-5-7-9-14;1-2-4-5-3-1;2*1-3-2;/h5-9H,1-4H3;1-3H,4H2;2*1-2H3;/q;;2*-1;+2. The molecule has 0 saturated heterocycles. The van der Waals surface area contributed by atoms with Crippen molar-refractivity contribution in [2.45, 2.75) is 36.7 Å². The topological polar surface area (TPSA) is 6.48 Å². The van der Waals surface area contributed by atoms with Crippen molar-refractivity contribution in [2.75, 3.05) is 28.2 Å². The van der Waals surface area contributed by atoms with Crippen molar-refractivity contribution in [2.24, 2.45) is 0 Å². The number of hydrogen-bond acceptors (Lipinski definition) is 2. The van der Waals surface area contributed by atoms with Gasteiger partial charge in [0.2, 0.25) is 0 Å². The molecule has 1 atom stereocenters. The number of allylic oxidation sites excluding steroid dienone is 6. The van der Waals surface area contributed by atoms with E-state index < -0.39 is 31.0 Å². The van der Waals surface area contributed by atoms with Crippen LogP contribution in [-0.4, -0.2) is 53.2 Å². The van der Waals surface area contributed by atoms with Crippen LogP contribution in [0.2, 0.25) is 2.55 Å². The van der Waals surface area contributed by atoms with Gasteiger partial charge in [-0.15, -0.1) is 0 Å². The summed E-state index contributed by atoms with van der Waals surface area (Å²) in [7, 11) is 9.40. The molecule has 0 radical (unpaired) electrons. The van der Waals surface area contributed by atoms with Gasteiger partial charge in [-0.25, -0.2) is 0 Å². The van der Waals surface area contributed by atoms with Crippen LogP contribution in [-0.2, 0) is 17.1 Å². The third-order valence-electron chi connectivity index (χ3n) is 7.02. The number of hydrogen-bond donors (Lipinski definition) is 0. The second-order valence-electron chi connectivity index (χ2n) is 8.53. The van der Waals surface area contributed by atoms with Crippen LogP contribution in [0.25, 0.3) is 0 Å². The minimum atomic E-state index is -2.84. The first-order chi connectivity index (χ1) is 12.7. The molecule has 3 rings (SSSR count). The second-order valence-corrected chi connectivity index (χ2v) is 24.1. The first kappa shape index (κ1) is 21.2. The molecular formula is C23H34GeN2Ti. The molecule has 1 aromatic carbocycles. The van der Waals surface area contributed by atoms with Crippen LogP contribution >= 0.6 is 0 Å². The Labute approximate surface area is 174 Å². The molecule has 0 aromatic heterocycles. The molecule has 2 nitrogen and oxygen atoms in total. The SMILES string of the molecule is CC1=C(C)[C](C)([Ti]([C]2=CC=CC2)([N](C)C)[N](C)C)[Ge]([c]2ccccc2)=[C]1C. The van der Waals surface area contributed by atoms with Crippen LogP contribution in [0.3, 0.4) is 0 Å². The van der Waals surface area contributed by atoms with Crippen molar-refractivity contribution in [1.29, 1.82) is 0 Å². The van der Waals surface area contributed by atoms with Crippen LogP contribution in [0.4, 0.5) is 0 Å². The average molecular weight is 459 g/mol. The Kier molecular flexibility index (Phi) is 6.06. The van der Waals surface area contributed by atoms with E-state index in [1.807, 2.05) is 0 Å². The van der Waals surface area contributed by atoms with Gasteiger partial charge < -0.3 is 0 Å². The molecule has 0 spiro atoms. The fourth-order valence-corrected chi connectivity index (χ4v) is 33.6. The van der Waals surface area contributed by atoms with E-state index in [0.29, 0.717) is 0 Å². The Hall–Kier alpha value is -0.513. The zero-order valence-corrected chi connectivity index (χ0v) is 21.9. The zero-order valence-electron chi connectivity index (χ0n) is 18.2. The van der Waals surface area contributed by atoms with Crippen molar-refractivity contribution in [3.63, 3.8) is 0 Å². The van der Waals surface area contributed by atoms with E-state index in [9.17, 15) is 0 Å². The van der Waals surface area contributed by atoms with E-state index in [4.69, 9.17) is 0 Å². The van der Waals surface area contributed by atoms with Crippen molar-refractivity contribution in [3.8, 4) is 0 Å². The third kappa shape index (κ3) is 2.91. The van der Waals surface area contributed by atoms with Crippen LogP contribution < -0.4 is 4.40 Å². The summed E-state index contributed by atoms with van der Waals surface area (Å²) in [5, 5.41) is 0. The summed E-state index contributed by atoms with van der Waals surface area (Å²) in [6.45, 7) is 9.90. The van der Waals surface area contributed by atoms with E-state index >= 15 is 0 Å². The molecule has 1 unspecified atom stereocenters. The van der Waals surface area contributed by atoms with Gasteiger partial charge in [0.05, 0.1) is 0 Å². The van der Waals surface area contributed by atoms with Crippen LogP contribution in [0, 0.1) is 0 Å². The molecule has 0 fully saturated rings. The van der Waals surface area contributed by atoms with Gasteiger partial charge in [-0.3, -0.25) is 0 Å². The van der Waals surface area contributed by atoms with Gasteiger partial charge in [-0.2, -0.15) is 0 Å². The van der Waals surface area contributed by atoms with Gasteiger partial charge in [-0.05, 0) is 0 Å². The molecule has 0 saturated carbocycles. The van der Waals surface area contributed by atoms with Crippen LogP contribution in [0.1, 0.15) is 34.1 Å². The Balaban J connectivity index is 2.38. The molecule has 2 aliphatic rings. The molecule has 0 N–H and O–H groups in total. The van der Waals surface area contributed by atoms with Gasteiger partial charge in [0, 0.05) is 0 Å². The Morgan fingerprint density at radius 2 is 1.56 bits per heavy atom. The van der Waals surface area contributed by atoms with Crippen molar-refractivity contribution in [1.82, 2.24) is 6.76 Å². The first-order valence-electron chi connectivity index (χ1n) is 9.86. The predicted molar refractivity (Wildman–Crippen MR) is 118 cm³/mol. The van der Waals surface area contributed by atoms with Crippen molar-refractivity contribution < 1.29 is 17.1 Å². The Morgan fingerprint density at radius 1 is 0.963 bits per heavy atom. The third-order valence-corrected chi connectivity index (χ3v) is 28.0. The van der Waals surface area contributed by atoms with E-state index in [-0.39, 0.29) is 2.55 Å². The monoisotopic (exact) mass is 460 g/mol. The molecule has 1 aliphatic heterocycles. The Morgan fingerprint density at radius 3 is 2.04 bits per heavy atom. The van der Waals surface area contributed by atoms with Crippen molar-refractivity contribution in [3.05, 3.63) is 63.6 Å². The minimum absolute atomic E-state index is 0.278. The first-order valence-corrected chi connectivity index (χ1v) is 16.0. The van der Waals surface area contributed by atoms with Gasteiger partial charge >= 0.3 is 175 Å². The molecular weight excluding hydrogens is 425 g/mol. The number of nitrogens with zero attached hydrogens (tertiary/aromatic N) is 2. The fraction of sp³-hybridized carbons (Fsp3) is 0.435. The summed E-state index contributed by atoms with van der Waals surface area (Å²) in [5.74, 6) is 0. The molecule has 0 bridgehead atoms. The summed E-state index contributed by atoms with van der Waals surface area (Å²) in [6.07, 6.45) is 8.21.